The van der Waals surface area contributed by atoms with Crippen molar-refractivity contribution < 1.29 is 36.4 Å². The fourth-order valence-electron chi connectivity index (χ4n) is 1.73. The summed E-state index contributed by atoms with van der Waals surface area (Å²) < 4.78 is 70.0. The largest absolute Gasteiger partial charge is 0.427 e. The number of halogens is 5. The molecular formula is C16H12F5NO4. The van der Waals surface area contributed by atoms with Crippen LogP contribution in [0, 0.1) is 10.1 Å². The van der Waals surface area contributed by atoms with Crippen molar-refractivity contribution in [1.82, 2.24) is 0 Å². The molecule has 0 saturated heterocycles. The van der Waals surface area contributed by atoms with Crippen LogP contribution in [0.2, 0.25) is 0 Å². The first-order chi connectivity index (χ1) is 12.2. The van der Waals surface area contributed by atoms with Crippen LogP contribution in [0.3, 0.4) is 0 Å². The van der Waals surface area contributed by atoms with Gasteiger partial charge in [0.25, 0.3) is 5.69 Å². The summed E-state index contributed by atoms with van der Waals surface area (Å²) in [4.78, 5) is 21.5. The van der Waals surface area contributed by atoms with Crippen LogP contribution in [0.5, 0.6) is 5.75 Å². The summed E-state index contributed by atoms with van der Waals surface area (Å²) in [6, 6.07) is 4.35. The molecule has 0 aliphatic rings. The van der Waals surface area contributed by atoms with Gasteiger partial charge in [0, 0.05) is 17.7 Å². The smallest absolute Gasteiger partial charge is 0.311 e. The number of allylic oxidation sites excluding steroid dienone is 5. The molecule has 1 rings (SSSR count). The minimum Gasteiger partial charge on any atom is -0.427 e. The molecule has 0 saturated carbocycles. The molecule has 0 aromatic heterocycles. The number of hydrogen-bond donors (Lipinski definition) is 0. The van der Waals surface area contributed by atoms with Crippen molar-refractivity contribution in [2.45, 2.75) is 19.8 Å². The molecule has 1 aromatic rings. The van der Waals surface area contributed by atoms with E-state index in [1.165, 1.54) is 0 Å². The molecule has 0 aliphatic carbocycles. The highest BCUT2D eigenvalue weighted by Gasteiger charge is 2.20. The molecule has 26 heavy (non-hydrogen) atoms. The van der Waals surface area contributed by atoms with Gasteiger partial charge in [0.1, 0.15) is 17.9 Å². The minimum absolute atomic E-state index is 0.0845. The second-order valence-corrected chi connectivity index (χ2v) is 4.82. The summed E-state index contributed by atoms with van der Waals surface area (Å²) >= 11 is 0. The number of benzene rings is 1. The van der Waals surface area contributed by atoms with Crippen LogP contribution in [-0.4, -0.2) is 10.9 Å². The third-order valence-corrected chi connectivity index (χ3v) is 3.00. The fraction of sp³-hybridized carbons (Fsp3) is 0.188. The first-order valence-electron chi connectivity index (χ1n) is 6.99. The molecule has 0 heterocycles. The first kappa shape index (κ1) is 21.0. The van der Waals surface area contributed by atoms with Crippen molar-refractivity contribution >= 4 is 11.7 Å². The van der Waals surface area contributed by atoms with Crippen molar-refractivity contribution in [3.8, 4) is 5.75 Å². The molecule has 10 heteroatoms. The summed E-state index contributed by atoms with van der Waals surface area (Å²) in [5.74, 6) is -8.49. The van der Waals surface area contributed by atoms with Crippen LogP contribution in [0.15, 0.2) is 59.5 Å². The van der Waals surface area contributed by atoms with E-state index in [9.17, 15) is 36.9 Å². The molecule has 0 unspecified atom stereocenters. The van der Waals surface area contributed by atoms with E-state index in [1.54, 1.807) is 0 Å². The number of rotatable bonds is 7. The minimum atomic E-state index is -2.01. The molecule has 5 nitrogen and oxygen atoms in total. The zero-order valence-corrected chi connectivity index (χ0v) is 13.3. The van der Waals surface area contributed by atoms with Gasteiger partial charge in [-0.15, -0.1) is 0 Å². The van der Waals surface area contributed by atoms with Crippen LogP contribution in [0.1, 0.15) is 19.8 Å². The number of non-ortho nitro benzene ring substituents is 1. The van der Waals surface area contributed by atoms with E-state index in [0.29, 0.717) is 6.92 Å². The Labute approximate surface area is 144 Å². The van der Waals surface area contributed by atoms with E-state index in [0.717, 1.165) is 24.3 Å². The Morgan fingerprint density at radius 1 is 1.12 bits per heavy atom. The second-order valence-electron chi connectivity index (χ2n) is 4.82. The van der Waals surface area contributed by atoms with Crippen LogP contribution in [-0.2, 0) is 4.79 Å². The zero-order valence-electron chi connectivity index (χ0n) is 13.3. The topological polar surface area (TPSA) is 69.4 Å². The van der Waals surface area contributed by atoms with Gasteiger partial charge in [0.05, 0.1) is 11.3 Å². The molecule has 0 fully saturated rings. The zero-order chi connectivity index (χ0) is 19.9. The molecule has 0 aliphatic heterocycles. The summed E-state index contributed by atoms with van der Waals surface area (Å²) in [7, 11) is 0. The number of esters is 1. The molecule has 0 atom stereocenters. The van der Waals surface area contributed by atoms with Crippen LogP contribution < -0.4 is 4.74 Å². The normalized spacial score (nSPS) is 13.7. The van der Waals surface area contributed by atoms with E-state index in [-0.39, 0.29) is 11.4 Å². The van der Waals surface area contributed by atoms with E-state index < -0.39 is 58.9 Å². The Morgan fingerprint density at radius 3 is 2.15 bits per heavy atom. The van der Waals surface area contributed by atoms with Gasteiger partial charge in [-0.05, 0) is 25.5 Å². The van der Waals surface area contributed by atoms with Gasteiger partial charge in [0.15, 0.2) is 17.5 Å². The maximum Gasteiger partial charge on any atom is 0.311 e. The predicted octanol–water partition coefficient (Wildman–Crippen LogP) is 5.45. The van der Waals surface area contributed by atoms with Crippen LogP contribution in [0.25, 0.3) is 0 Å². The molecule has 0 radical (unpaired) electrons. The van der Waals surface area contributed by atoms with Gasteiger partial charge in [-0.1, -0.05) is 0 Å². The quantitative estimate of drug-likeness (QED) is 0.158. The maximum absolute atomic E-state index is 13.7. The fourth-order valence-corrected chi connectivity index (χ4v) is 1.73. The van der Waals surface area contributed by atoms with Crippen LogP contribution >= 0.6 is 0 Å². The molecule has 1 aromatic carbocycles. The van der Waals surface area contributed by atoms with Gasteiger partial charge in [-0.3, -0.25) is 14.9 Å². The van der Waals surface area contributed by atoms with Crippen molar-refractivity contribution in [3.05, 3.63) is 69.6 Å². The van der Waals surface area contributed by atoms with Crippen molar-refractivity contribution in [3.63, 3.8) is 0 Å². The number of carbonyl (C=O) groups is 1. The summed E-state index contributed by atoms with van der Waals surface area (Å²) in [5.41, 5.74) is -1.43. The lowest BCUT2D eigenvalue weighted by atomic mass is 10.1. The molecule has 0 N–H and O–H groups in total. The Balaban J connectivity index is 2.86. The average molecular weight is 377 g/mol. The van der Waals surface area contributed by atoms with E-state index >= 15 is 0 Å². The molecule has 0 spiro atoms. The number of nitro groups is 1. The lowest BCUT2D eigenvalue weighted by Gasteiger charge is -2.07. The molecular weight excluding hydrogens is 365 g/mol. The summed E-state index contributed by atoms with van der Waals surface area (Å²) in [6.07, 6.45) is -2.17. The van der Waals surface area contributed by atoms with Gasteiger partial charge < -0.3 is 4.74 Å². The van der Waals surface area contributed by atoms with Crippen molar-refractivity contribution in [2.24, 2.45) is 0 Å². The highest BCUT2D eigenvalue weighted by molar-refractivity contribution is 5.73. The van der Waals surface area contributed by atoms with Crippen molar-refractivity contribution in [2.75, 3.05) is 0 Å². The third-order valence-electron chi connectivity index (χ3n) is 3.00. The second kappa shape index (κ2) is 9.44. The van der Waals surface area contributed by atoms with E-state index in [2.05, 4.69) is 0 Å². The van der Waals surface area contributed by atoms with Gasteiger partial charge >= 0.3 is 5.97 Å². The Kier molecular flexibility index (Phi) is 7.63. The maximum atomic E-state index is 13.7. The summed E-state index contributed by atoms with van der Waals surface area (Å²) in [6.45, 7) is 0.576. The van der Waals surface area contributed by atoms with Gasteiger partial charge in [-0.2, -0.15) is 0 Å². The number of nitrogens with zero attached hydrogens (tertiary/aromatic N) is 1. The lowest BCUT2D eigenvalue weighted by molar-refractivity contribution is -0.384. The summed E-state index contributed by atoms with van der Waals surface area (Å²) in [5, 5.41) is 10.5. The lowest BCUT2D eigenvalue weighted by Crippen LogP contribution is -2.08. The number of ether oxygens (including phenoxy) is 1. The highest BCUT2D eigenvalue weighted by atomic mass is 19.2. The number of nitro benzene ring substituents is 1. The Bertz CT molecular complexity index is 780. The van der Waals surface area contributed by atoms with Crippen LogP contribution in [0.4, 0.5) is 27.6 Å². The third kappa shape index (κ3) is 5.80. The average Bonchev–Trinajstić information content (AvgIpc) is 2.60. The Morgan fingerprint density at radius 2 is 1.69 bits per heavy atom. The van der Waals surface area contributed by atoms with Gasteiger partial charge in [-0.25, -0.2) is 22.0 Å². The number of hydrogen-bond acceptors (Lipinski definition) is 4. The molecule has 0 bridgehead atoms. The SMILES string of the molecule is C\C(F)=C(F)/C(F)=C(CCC(=O)Oc1ccc([N+](=O)[O-])cc1)\C(F)=C\F. The Hall–Kier alpha value is -3.04. The monoisotopic (exact) mass is 377 g/mol. The van der Waals surface area contributed by atoms with E-state index in [1.807, 2.05) is 0 Å². The van der Waals surface area contributed by atoms with Crippen molar-refractivity contribution in [1.29, 1.82) is 0 Å². The van der Waals surface area contributed by atoms with Gasteiger partial charge in [0.2, 0.25) is 0 Å². The number of carbonyl (C=O) groups excluding carboxylic acids is 1. The molecule has 140 valence electrons. The first-order valence-corrected chi connectivity index (χ1v) is 6.99. The van der Waals surface area contributed by atoms with E-state index in [4.69, 9.17) is 4.74 Å². The molecule has 0 amide bonds. The standard InChI is InChI=1S/C16H12F5NO4/c1-9(18)15(20)16(21)12(13(19)8-17)6-7-14(23)26-11-4-2-10(3-5-11)22(24)25/h2-5,8H,6-7H2,1H3/b13-8-,15-9-,16-12+. The highest BCUT2D eigenvalue weighted by Crippen LogP contribution is 2.30. The predicted molar refractivity (Wildman–Crippen MR) is 81.3 cm³/mol.